The standard InChI is InChI=1S/C7H6NO2P/c9-8-10-7-4-2-1-3-6(7)5-11-8/h1-5,8H. The molecule has 3 nitrogen and oxygen atoms in total. The molecule has 0 saturated carbocycles. The predicted octanol–water partition coefficient (Wildman–Crippen LogP) is 0.388. The zero-order chi connectivity index (χ0) is 7.68. The quantitative estimate of drug-likeness (QED) is 0.448. The van der Waals surface area contributed by atoms with Crippen LogP contribution in [0.1, 0.15) is 5.56 Å². The maximum atomic E-state index is 10.8. The smallest absolute Gasteiger partial charge is 0.203 e. The molecule has 4 heteroatoms. The fourth-order valence-corrected chi connectivity index (χ4v) is 1.53. The largest absolute Gasteiger partial charge is 0.584 e. The second-order valence-electron chi connectivity index (χ2n) is 2.16. The van der Waals surface area contributed by atoms with Gasteiger partial charge in [0.05, 0.1) is 0 Å². The number of rotatable bonds is 0. The highest BCUT2D eigenvalue weighted by atomic mass is 31.1. The Balaban J connectivity index is 2.46. The van der Waals surface area contributed by atoms with Crippen molar-refractivity contribution in [2.24, 2.45) is 0 Å². The number of para-hydroxylation sites is 1. The lowest BCUT2D eigenvalue weighted by Crippen LogP contribution is -3.00. The van der Waals surface area contributed by atoms with E-state index in [2.05, 4.69) is 0 Å². The maximum Gasteiger partial charge on any atom is 0.203 e. The molecule has 0 spiro atoms. The zero-order valence-corrected chi connectivity index (χ0v) is 6.54. The summed E-state index contributed by atoms with van der Waals surface area (Å²) in [6, 6.07) is 7.49. The van der Waals surface area contributed by atoms with Crippen LogP contribution in [0.15, 0.2) is 24.3 Å². The first-order valence-corrected chi connectivity index (χ1v) is 4.17. The molecule has 1 N–H and O–H groups in total. The van der Waals surface area contributed by atoms with Crippen LogP contribution in [-0.4, -0.2) is 5.80 Å². The van der Waals surface area contributed by atoms with E-state index in [0.29, 0.717) is 14.1 Å². The van der Waals surface area contributed by atoms with Gasteiger partial charge in [0.25, 0.3) is 0 Å². The minimum absolute atomic E-state index is 0.205. The van der Waals surface area contributed by atoms with Crippen molar-refractivity contribution in [3.05, 3.63) is 35.0 Å². The highest BCUT2D eigenvalue weighted by molar-refractivity contribution is 7.32. The molecule has 0 aromatic heterocycles. The second-order valence-corrected chi connectivity index (χ2v) is 3.05. The van der Waals surface area contributed by atoms with Crippen molar-refractivity contribution in [2.45, 2.75) is 0 Å². The van der Waals surface area contributed by atoms with Gasteiger partial charge in [-0.3, -0.25) is 0 Å². The summed E-state index contributed by atoms with van der Waals surface area (Å²) in [6.07, 6.45) is 0. The number of nitrogens with one attached hydrogen (secondary N) is 1. The van der Waals surface area contributed by atoms with Gasteiger partial charge >= 0.3 is 0 Å². The Morgan fingerprint density at radius 1 is 1.36 bits per heavy atom. The molecule has 2 rings (SSSR count). The summed E-state index contributed by atoms with van der Waals surface area (Å²) in [4.78, 5) is 4.74. The van der Waals surface area contributed by atoms with Gasteiger partial charge in [0, 0.05) is 11.4 Å². The molecule has 1 heterocycles. The van der Waals surface area contributed by atoms with Crippen LogP contribution in [-0.2, 0) is 0 Å². The first kappa shape index (κ1) is 6.80. The fourth-order valence-electron chi connectivity index (χ4n) is 0.923. The van der Waals surface area contributed by atoms with Crippen molar-refractivity contribution in [3.8, 4) is 5.75 Å². The Morgan fingerprint density at radius 3 is 3.09 bits per heavy atom. The second kappa shape index (κ2) is 2.62. The van der Waals surface area contributed by atoms with E-state index in [0.717, 1.165) is 5.56 Å². The van der Waals surface area contributed by atoms with E-state index >= 15 is 0 Å². The molecular formula is C7H6NO2P. The van der Waals surface area contributed by atoms with Crippen molar-refractivity contribution in [3.63, 3.8) is 0 Å². The Hall–Kier alpha value is -0.890. The minimum Gasteiger partial charge on any atom is -0.584 e. The number of benzene rings is 1. The lowest BCUT2D eigenvalue weighted by atomic mass is 10.2. The van der Waals surface area contributed by atoms with Gasteiger partial charge in [-0.25, -0.2) is 0 Å². The van der Waals surface area contributed by atoms with Crippen molar-refractivity contribution in [1.82, 2.24) is 0 Å². The number of fused-ring (bicyclic) bond motifs is 1. The topological polar surface area (TPSA) is 36.7 Å². The molecule has 1 aliphatic rings. The first-order chi connectivity index (χ1) is 5.36. The highest BCUT2D eigenvalue weighted by Crippen LogP contribution is 2.17. The van der Waals surface area contributed by atoms with Gasteiger partial charge in [0.1, 0.15) is 0 Å². The van der Waals surface area contributed by atoms with E-state index in [9.17, 15) is 5.21 Å². The SMILES string of the molecule is [O-][NH+]1Oc2ccccc2C=P1. The van der Waals surface area contributed by atoms with Crippen LogP contribution in [0.4, 0.5) is 0 Å². The van der Waals surface area contributed by atoms with E-state index in [1.54, 1.807) is 6.07 Å². The minimum atomic E-state index is -0.205. The molecule has 0 bridgehead atoms. The Morgan fingerprint density at radius 2 is 2.18 bits per heavy atom. The van der Waals surface area contributed by atoms with Gasteiger partial charge in [-0.15, -0.1) is 5.00 Å². The summed E-state index contributed by atoms with van der Waals surface area (Å²) in [6.45, 7) is 0. The van der Waals surface area contributed by atoms with Gasteiger partial charge in [-0.1, -0.05) is 18.2 Å². The number of hydrogen-bond donors (Lipinski definition) is 1. The predicted molar refractivity (Wildman–Crippen MR) is 43.5 cm³/mol. The van der Waals surface area contributed by atoms with Gasteiger partial charge < -0.3 is 10.0 Å². The average Bonchev–Trinajstić information content (AvgIpc) is 2.04. The van der Waals surface area contributed by atoms with Crippen LogP contribution in [0, 0.1) is 5.21 Å². The summed E-state index contributed by atoms with van der Waals surface area (Å²) in [7, 11) is 0.615. The van der Waals surface area contributed by atoms with Crippen molar-refractivity contribution >= 4 is 14.2 Å². The van der Waals surface area contributed by atoms with E-state index in [-0.39, 0.29) is 5.00 Å². The zero-order valence-electron chi connectivity index (χ0n) is 5.65. The number of quaternary nitrogens is 1. The molecule has 1 aromatic carbocycles. The van der Waals surface area contributed by atoms with Crippen LogP contribution < -0.4 is 9.83 Å². The molecule has 0 aliphatic carbocycles. The fraction of sp³-hybridized carbons (Fsp3) is 0. The van der Waals surface area contributed by atoms with Crippen LogP contribution in [0.25, 0.3) is 0 Å². The molecular weight excluding hydrogens is 161 g/mol. The van der Waals surface area contributed by atoms with Crippen LogP contribution in [0.2, 0.25) is 0 Å². The third-order valence-corrected chi connectivity index (χ3v) is 2.13. The molecule has 1 unspecified atom stereocenters. The van der Waals surface area contributed by atoms with Gasteiger partial charge in [-0.05, 0) is 6.07 Å². The normalized spacial score (nSPS) is 22.1. The monoisotopic (exact) mass is 167 g/mol. The van der Waals surface area contributed by atoms with E-state index in [1.807, 2.05) is 24.0 Å². The first-order valence-electron chi connectivity index (χ1n) is 3.21. The molecule has 1 aliphatic heterocycles. The third kappa shape index (κ3) is 1.26. The number of hydrogen-bond acceptors (Lipinski definition) is 2. The van der Waals surface area contributed by atoms with Gasteiger partial charge in [0.15, 0.2) is 5.75 Å². The van der Waals surface area contributed by atoms with E-state index in [4.69, 9.17) is 4.84 Å². The third-order valence-electron chi connectivity index (χ3n) is 1.43. The summed E-state index contributed by atoms with van der Waals surface area (Å²) in [5, 5.41) is 10.8. The summed E-state index contributed by atoms with van der Waals surface area (Å²) in [5.41, 5.74) is 0.994. The molecule has 56 valence electrons. The average molecular weight is 167 g/mol. The summed E-state index contributed by atoms with van der Waals surface area (Å²) < 4.78 is 0. The van der Waals surface area contributed by atoms with Crippen LogP contribution in [0.5, 0.6) is 5.75 Å². The van der Waals surface area contributed by atoms with Crippen molar-refractivity contribution < 1.29 is 9.83 Å². The maximum absolute atomic E-state index is 10.8. The van der Waals surface area contributed by atoms with Gasteiger partial charge in [0.2, 0.25) is 8.35 Å². The molecule has 1 atom stereocenters. The Labute approximate surface area is 65.6 Å². The Bertz CT molecular complexity index is 300. The molecule has 0 fully saturated rings. The van der Waals surface area contributed by atoms with E-state index < -0.39 is 0 Å². The lowest BCUT2D eigenvalue weighted by molar-refractivity contribution is -0.902. The molecule has 0 radical (unpaired) electrons. The lowest BCUT2D eigenvalue weighted by Gasteiger charge is -2.18. The van der Waals surface area contributed by atoms with Crippen LogP contribution in [0.3, 0.4) is 0 Å². The molecule has 1 aromatic rings. The summed E-state index contributed by atoms with van der Waals surface area (Å²) in [5.74, 6) is 2.51. The highest BCUT2D eigenvalue weighted by Gasteiger charge is 2.09. The van der Waals surface area contributed by atoms with Gasteiger partial charge in [-0.2, -0.15) is 0 Å². The van der Waals surface area contributed by atoms with Crippen molar-refractivity contribution in [2.75, 3.05) is 0 Å². The molecule has 0 amide bonds. The molecule has 11 heavy (non-hydrogen) atoms. The Kier molecular flexibility index (Phi) is 1.62. The van der Waals surface area contributed by atoms with Crippen molar-refractivity contribution in [1.29, 1.82) is 0 Å². The summed E-state index contributed by atoms with van der Waals surface area (Å²) >= 11 is 0. The molecule has 0 saturated heterocycles. The van der Waals surface area contributed by atoms with E-state index in [1.165, 1.54) is 0 Å². The van der Waals surface area contributed by atoms with Crippen LogP contribution >= 0.6 is 8.35 Å².